The first kappa shape index (κ1) is 11.0. The minimum Gasteiger partial charge on any atom is -0.315 e. The molecule has 2 N–H and O–H groups in total. The van der Waals surface area contributed by atoms with Crippen LogP contribution < -0.4 is 10.6 Å². The van der Waals surface area contributed by atoms with Crippen LogP contribution in [0.15, 0.2) is 0 Å². The van der Waals surface area contributed by atoms with Crippen molar-refractivity contribution in [3.8, 4) is 0 Å². The van der Waals surface area contributed by atoms with E-state index in [0.717, 1.165) is 23.8 Å². The van der Waals surface area contributed by atoms with Gasteiger partial charge in [-0.1, -0.05) is 12.8 Å². The molecule has 92 valence electrons. The third kappa shape index (κ3) is 2.43. The van der Waals surface area contributed by atoms with Gasteiger partial charge < -0.3 is 10.6 Å². The first-order valence-corrected chi connectivity index (χ1v) is 7.36. The SMILES string of the molecule is C1CCC(CNCC2CC3CCC2C3)NC1. The van der Waals surface area contributed by atoms with Crippen LogP contribution in [0.4, 0.5) is 0 Å². The molecule has 2 saturated carbocycles. The average molecular weight is 222 g/mol. The summed E-state index contributed by atoms with van der Waals surface area (Å²) in [5.74, 6) is 3.20. The molecule has 1 saturated heterocycles. The van der Waals surface area contributed by atoms with E-state index in [1.165, 1.54) is 58.2 Å². The van der Waals surface area contributed by atoms with E-state index in [9.17, 15) is 0 Å². The van der Waals surface area contributed by atoms with E-state index in [-0.39, 0.29) is 0 Å². The summed E-state index contributed by atoms with van der Waals surface area (Å²) in [7, 11) is 0. The lowest BCUT2D eigenvalue weighted by Crippen LogP contribution is -2.43. The molecule has 2 heteroatoms. The van der Waals surface area contributed by atoms with Gasteiger partial charge in [0.1, 0.15) is 0 Å². The predicted octanol–water partition coefficient (Wildman–Crippen LogP) is 2.15. The molecule has 16 heavy (non-hydrogen) atoms. The fourth-order valence-corrected chi connectivity index (χ4v) is 4.17. The standard InChI is InChI=1S/C14H26N2/c1-2-6-16-14(3-1)10-15-9-13-8-11-4-5-12(13)7-11/h11-16H,1-10H2. The highest BCUT2D eigenvalue weighted by atomic mass is 15.0. The van der Waals surface area contributed by atoms with Crippen LogP contribution >= 0.6 is 0 Å². The first-order valence-electron chi connectivity index (χ1n) is 7.36. The van der Waals surface area contributed by atoms with Crippen molar-refractivity contribution in [2.45, 2.75) is 51.0 Å². The Balaban J connectivity index is 1.34. The zero-order valence-corrected chi connectivity index (χ0v) is 10.4. The lowest BCUT2D eigenvalue weighted by molar-refractivity contribution is 0.305. The molecular formula is C14H26N2. The quantitative estimate of drug-likeness (QED) is 0.761. The Hall–Kier alpha value is -0.0800. The van der Waals surface area contributed by atoms with Crippen molar-refractivity contribution in [1.82, 2.24) is 10.6 Å². The molecule has 0 radical (unpaired) electrons. The van der Waals surface area contributed by atoms with Crippen molar-refractivity contribution < 1.29 is 0 Å². The zero-order chi connectivity index (χ0) is 10.8. The summed E-state index contributed by atoms with van der Waals surface area (Å²) in [6.07, 6.45) is 10.3. The van der Waals surface area contributed by atoms with Crippen LogP contribution in [0.1, 0.15) is 44.9 Å². The molecule has 0 amide bonds. The van der Waals surface area contributed by atoms with Crippen molar-refractivity contribution in [2.75, 3.05) is 19.6 Å². The van der Waals surface area contributed by atoms with Gasteiger partial charge in [-0.2, -0.15) is 0 Å². The van der Waals surface area contributed by atoms with Crippen molar-refractivity contribution in [3.63, 3.8) is 0 Å². The lowest BCUT2D eigenvalue weighted by Gasteiger charge is -2.26. The van der Waals surface area contributed by atoms with E-state index >= 15 is 0 Å². The van der Waals surface area contributed by atoms with Gasteiger partial charge in [0, 0.05) is 12.6 Å². The summed E-state index contributed by atoms with van der Waals surface area (Å²) in [6, 6.07) is 0.757. The van der Waals surface area contributed by atoms with Crippen LogP contribution in [0.25, 0.3) is 0 Å². The van der Waals surface area contributed by atoms with Gasteiger partial charge in [-0.05, 0) is 62.9 Å². The van der Waals surface area contributed by atoms with E-state index in [4.69, 9.17) is 0 Å². The monoisotopic (exact) mass is 222 g/mol. The van der Waals surface area contributed by atoms with Crippen molar-refractivity contribution >= 4 is 0 Å². The number of nitrogens with one attached hydrogen (secondary N) is 2. The van der Waals surface area contributed by atoms with Gasteiger partial charge in [0.05, 0.1) is 0 Å². The molecule has 0 aromatic heterocycles. The number of rotatable bonds is 4. The minimum atomic E-state index is 0.757. The number of hydrogen-bond donors (Lipinski definition) is 2. The zero-order valence-electron chi connectivity index (χ0n) is 10.4. The maximum Gasteiger partial charge on any atom is 0.0192 e. The van der Waals surface area contributed by atoms with Gasteiger partial charge >= 0.3 is 0 Å². The number of piperidine rings is 1. The van der Waals surface area contributed by atoms with E-state index in [0.29, 0.717) is 0 Å². The van der Waals surface area contributed by atoms with Gasteiger partial charge in [-0.3, -0.25) is 0 Å². The molecule has 1 heterocycles. The summed E-state index contributed by atoms with van der Waals surface area (Å²) in [5.41, 5.74) is 0. The molecule has 3 rings (SSSR count). The number of hydrogen-bond acceptors (Lipinski definition) is 2. The summed E-state index contributed by atoms with van der Waals surface area (Å²) < 4.78 is 0. The summed E-state index contributed by atoms with van der Waals surface area (Å²) in [6.45, 7) is 3.73. The third-order valence-electron chi connectivity index (χ3n) is 5.09. The maximum atomic E-state index is 3.72. The van der Waals surface area contributed by atoms with E-state index in [2.05, 4.69) is 10.6 Å². The molecule has 2 aliphatic carbocycles. The van der Waals surface area contributed by atoms with Crippen LogP contribution in [0.3, 0.4) is 0 Å². The predicted molar refractivity (Wildman–Crippen MR) is 67.4 cm³/mol. The molecule has 0 aromatic carbocycles. The van der Waals surface area contributed by atoms with Gasteiger partial charge in [-0.25, -0.2) is 0 Å². The van der Waals surface area contributed by atoms with Crippen LogP contribution in [0.5, 0.6) is 0 Å². The molecule has 0 aromatic rings. The largest absolute Gasteiger partial charge is 0.315 e. The molecule has 4 unspecified atom stereocenters. The summed E-state index contributed by atoms with van der Waals surface area (Å²) in [4.78, 5) is 0. The summed E-state index contributed by atoms with van der Waals surface area (Å²) in [5, 5.41) is 7.34. The van der Waals surface area contributed by atoms with Gasteiger partial charge in [0.25, 0.3) is 0 Å². The van der Waals surface area contributed by atoms with E-state index in [1.807, 2.05) is 0 Å². The second kappa shape index (κ2) is 5.05. The second-order valence-electron chi connectivity index (χ2n) is 6.24. The Kier molecular flexibility index (Phi) is 3.49. The van der Waals surface area contributed by atoms with Gasteiger partial charge in [0.2, 0.25) is 0 Å². The molecule has 4 atom stereocenters. The minimum absolute atomic E-state index is 0.757. The third-order valence-corrected chi connectivity index (χ3v) is 5.09. The average Bonchev–Trinajstić information content (AvgIpc) is 2.92. The molecule has 0 spiro atoms. The Morgan fingerprint density at radius 2 is 2.00 bits per heavy atom. The van der Waals surface area contributed by atoms with Crippen molar-refractivity contribution in [2.24, 2.45) is 17.8 Å². The van der Waals surface area contributed by atoms with Crippen molar-refractivity contribution in [1.29, 1.82) is 0 Å². The maximum absolute atomic E-state index is 3.72. The Labute approximate surface area is 99.6 Å². The van der Waals surface area contributed by atoms with Crippen LogP contribution in [0.2, 0.25) is 0 Å². The Bertz CT molecular complexity index is 223. The second-order valence-corrected chi connectivity index (χ2v) is 6.24. The normalized spacial score (nSPS) is 42.8. The van der Waals surface area contributed by atoms with Crippen molar-refractivity contribution in [3.05, 3.63) is 0 Å². The van der Waals surface area contributed by atoms with Gasteiger partial charge in [-0.15, -0.1) is 0 Å². The Morgan fingerprint density at radius 1 is 1.00 bits per heavy atom. The molecular weight excluding hydrogens is 196 g/mol. The summed E-state index contributed by atoms with van der Waals surface area (Å²) >= 11 is 0. The fraction of sp³-hybridized carbons (Fsp3) is 1.00. The van der Waals surface area contributed by atoms with E-state index in [1.54, 1.807) is 6.42 Å². The van der Waals surface area contributed by atoms with Crippen LogP contribution in [-0.4, -0.2) is 25.7 Å². The highest BCUT2D eigenvalue weighted by Crippen LogP contribution is 2.47. The van der Waals surface area contributed by atoms with Gasteiger partial charge in [0.15, 0.2) is 0 Å². The highest BCUT2D eigenvalue weighted by molar-refractivity contribution is 4.91. The van der Waals surface area contributed by atoms with E-state index < -0.39 is 0 Å². The lowest BCUT2D eigenvalue weighted by atomic mass is 9.89. The molecule has 3 aliphatic rings. The molecule has 1 aliphatic heterocycles. The first-order chi connectivity index (χ1) is 7.92. The molecule has 2 bridgehead atoms. The molecule has 2 nitrogen and oxygen atoms in total. The Morgan fingerprint density at radius 3 is 2.69 bits per heavy atom. The fourth-order valence-electron chi connectivity index (χ4n) is 4.17. The smallest absolute Gasteiger partial charge is 0.0192 e. The number of fused-ring (bicyclic) bond motifs is 2. The molecule has 3 fully saturated rings. The van der Waals surface area contributed by atoms with Crippen LogP contribution in [0, 0.1) is 17.8 Å². The van der Waals surface area contributed by atoms with Crippen LogP contribution in [-0.2, 0) is 0 Å². The highest BCUT2D eigenvalue weighted by Gasteiger charge is 2.38. The topological polar surface area (TPSA) is 24.1 Å².